The molecule has 106 valence electrons. The third-order valence-electron chi connectivity index (χ3n) is 3.03. The maximum atomic E-state index is 11.2. The summed E-state index contributed by atoms with van der Waals surface area (Å²) in [6.45, 7) is 13.0. The Balaban J connectivity index is 4.04. The number of allylic oxidation sites excluding steroid dienone is 5. The number of hydrogen-bond donors (Lipinski definition) is 0. The standard InChI is InChI=1S/C17H27NO/c1-6-11-17(19)13-10-8-9-12-16(4)18(5)14-15(3)7-2/h6,8-10,12,15H,1,4,7,11,13-14H2,2-3,5H3/b10-8-,12-9-. The van der Waals surface area contributed by atoms with Gasteiger partial charge in [0.25, 0.3) is 0 Å². The zero-order valence-electron chi connectivity index (χ0n) is 12.6. The largest absolute Gasteiger partial charge is 0.375 e. The van der Waals surface area contributed by atoms with E-state index in [9.17, 15) is 4.79 Å². The van der Waals surface area contributed by atoms with Crippen LogP contribution in [-0.4, -0.2) is 24.3 Å². The SMILES string of the molecule is C=CCC(=O)C/C=C\C=C/C(=C)N(C)CC(C)CC. The second-order valence-electron chi connectivity index (χ2n) is 4.91. The molecule has 0 saturated carbocycles. The minimum Gasteiger partial charge on any atom is -0.375 e. The Morgan fingerprint density at radius 3 is 2.58 bits per heavy atom. The molecule has 0 saturated heterocycles. The average molecular weight is 261 g/mol. The second-order valence-corrected chi connectivity index (χ2v) is 4.91. The molecule has 0 aliphatic heterocycles. The molecule has 0 N–H and O–H groups in total. The molecule has 0 aliphatic carbocycles. The van der Waals surface area contributed by atoms with E-state index in [1.807, 2.05) is 24.3 Å². The fourth-order valence-corrected chi connectivity index (χ4v) is 1.53. The van der Waals surface area contributed by atoms with E-state index in [-0.39, 0.29) is 5.78 Å². The van der Waals surface area contributed by atoms with Gasteiger partial charge in [0, 0.05) is 32.1 Å². The summed E-state index contributed by atoms with van der Waals surface area (Å²) in [4.78, 5) is 13.4. The van der Waals surface area contributed by atoms with E-state index in [0.717, 1.165) is 12.2 Å². The van der Waals surface area contributed by atoms with Gasteiger partial charge in [0.2, 0.25) is 0 Å². The molecule has 0 aromatic rings. The van der Waals surface area contributed by atoms with Crippen LogP contribution in [0.25, 0.3) is 0 Å². The first-order chi connectivity index (χ1) is 9.01. The van der Waals surface area contributed by atoms with E-state index in [2.05, 4.69) is 39.0 Å². The summed E-state index contributed by atoms with van der Waals surface area (Å²) in [5.41, 5.74) is 0.988. The minimum absolute atomic E-state index is 0.187. The molecule has 1 unspecified atom stereocenters. The number of carbonyl (C=O) groups excluding carboxylic acids is 1. The van der Waals surface area contributed by atoms with E-state index in [0.29, 0.717) is 18.8 Å². The van der Waals surface area contributed by atoms with Crippen molar-refractivity contribution in [1.29, 1.82) is 0 Å². The molecule has 0 radical (unpaired) electrons. The number of carbonyl (C=O) groups is 1. The van der Waals surface area contributed by atoms with Gasteiger partial charge in [-0.3, -0.25) is 4.79 Å². The first-order valence-corrected chi connectivity index (χ1v) is 6.87. The first kappa shape index (κ1) is 17.4. The van der Waals surface area contributed by atoms with Gasteiger partial charge in [-0.05, 0) is 12.0 Å². The summed E-state index contributed by atoms with van der Waals surface area (Å²) >= 11 is 0. The molecule has 0 aromatic heterocycles. The van der Waals surface area contributed by atoms with Crippen molar-refractivity contribution in [2.75, 3.05) is 13.6 Å². The van der Waals surface area contributed by atoms with E-state index in [4.69, 9.17) is 0 Å². The van der Waals surface area contributed by atoms with Gasteiger partial charge in [-0.2, -0.15) is 0 Å². The van der Waals surface area contributed by atoms with E-state index in [1.54, 1.807) is 6.08 Å². The highest BCUT2D eigenvalue weighted by atomic mass is 16.1. The van der Waals surface area contributed by atoms with Crippen LogP contribution in [0.5, 0.6) is 0 Å². The molecule has 0 aromatic carbocycles. The van der Waals surface area contributed by atoms with Gasteiger partial charge < -0.3 is 4.90 Å². The molecule has 0 rings (SSSR count). The highest BCUT2D eigenvalue weighted by Gasteiger charge is 2.03. The molecule has 0 fully saturated rings. The Morgan fingerprint density at radius 2 is 2.00 bits per heavy atom. The molecular weight excluding hydrogens is 234 g/mol. The third-order valence-corrected chi connectivity index (χ3v) is 3.03. The number of hydrogen-bond acceptors (Lipinski definition) is 2. The van der Waals surface area contributed by atoms with Crippen LogP contribution in [0.3, 0.4) is 0 Å². The Kier molecular flexibility index (Phi) is 9.51. The van der Waals surface area contributed by atoms with Crippen molar-refractivity contribution in [3.8, 4) is 0 Å². The monoisotopic (exact) mass is 261 g/mol. The fourth-order valence-electron chi connectivity index (χ4n) is 1.53. The maximum absolute atomic E-state index is 11.2. The van der Waals surface area contributed by atoms with Crippen LogP contribution in [0.2, 0.25) is 0 Å². The van der Waals surface area contributed by atoms with Crippen molar-refractivity contribution in [2.45, 2.75) is 33.1 Å². The van der Waals surface area contributed by atoms with Gasteiger partial charge in [0.1, 0.15) is 5.78 Å². The Morgan fingerprint density at radius 1 is 1.32 bits per heavy atom. The Bertz CT molecular complexity index is 352. The van der Waals surface area contributed by atoms with Crippen molar-refractivity contribution >= 4 is 5.78 Å². The molecule has 2 nitrogen and oxygen atoms in total. The Hall–Kier alpha value is -1.57. The fraction of sp³-hybridized carbons (Fsp3) is 0.471. The molecule has 19 heavy (non-hydrogen) atoms. The van der Waals surface area contributed by atoms with Crippen LogP contribution in [-0.2, 0) is 4.79 Å². The smallest absolute Gasteiger partial charge is 0.140 e. The molecular formula is C17H27NO. The van der Waals surface area contributed by atoms with Gasteiger partial charge >= 0.3 is 0 Å². The van der Waals surface area contributed by atoms with Crippen molar-refractivity contribution in [3.63, 3.8) is 0 Å². The predicted octanol–water partition coefficient (Wildman–Crippen LogP) is 4.13. The third kappa shape index (κ3) is 9.06. The summed E-state index contributed by atoms with van der Waals surface area (Å²) in [6.07, 6.45) is 11.4. The van der Waals surface area contributed by atoms with Gasteiger partial charge in [0.15, 0.2) is 0 Å². The first-order valence-electron chi connectivity index (χ1n) is 6.87. The minimum atomic E-state index is 0.187. The molecule has 0 spiro atoms. The molecule has 0 bridgehead atoms. The summed E-state index contributed by atoms with van der Waals surface area (Å²) in [5, 5.41) is 0. The van der Waals surface area contributed by atoms with Crippen molar-refractivity contribution in [2.24, 2.45) is 5.92 Å². The molecule has 0 aliphatic rings. The van der Waals surface area contributed by atoms with Gasteiger partial charge in [-0.25, -0.2) is 0 Å². The topological polar surface area (TPSA) is 20.3 Å². The van der Waals surface area contributed by atoms with Crippen molar-refractivity contribution in [3.05, 3.63) is 49.2 Å². The van der Waals surface area contributed by atoms with Crippen molar-refractivity contribution in [1.82, 2.24) is 4.90 Å². The predicted molar refractivity (Wildman–Crippen MR) is 83.9 cm³/mol. The molecule has 1 atom stereocenters. The summed E-state index contributed by atoms with van der Waals surface area (Å²) in [5.74, 6) is 0.856. The van der Waals surface area contributed by atoms with Crippen LogP contribution >= 0.6 is 0 Å². The number of nitrogens with zero attached hydrogens (tertiary/aromatic N) is 1. The summed E-state index contributed by atoms with van der Waals surface area (Å²) in [6, 6.07) is 0. The van der Waals surface area contributed by atoms with Gasteiger partial charge in [-0.15, -0.1) is 6.58 Å². The summed E-state index contributed by atoms with van der Waals surface area (Å²) < 4.78 is 0. The number of rotatable bonds is 10. The lowest BCUT2D eigenvalue weighted by atomic mass is 10.1. The van der Waals surface area contributed by atoms with E-state index in [1.165, 1.54) is 6.42 Å². The van der Waals surface area contributed by atoms with Crippen molar-refractivity contribution < 1.29 is 4.79 Å². The lowest BCUT2D eigenvalue weighted by Gasteiger charge is -2.22. The lowest BCUT2D eigenvalue weighted by Crippen LogP contribution is -2.22. The zero-order valence-corrected chi connectivity index (χ0v) is 12.6. The van der Waals surface area contributed by atoms with Crippen LogP contribution in [0.15, 0.2) is 49.2 Å². The maximum Gasteiger partial charge on any atom is 0.140 e. The second kappa shape index (κ2) is 10.4. The summed E-state index contributed by atoms with van der Waals surface area (Å²) in [7, 11) is 2.05. The molecule has 0 amide bonds. The number of Topliss-reactive ketones (excluding diaryl/α,β-unsaturated/α-hetero) is 1. The molecule has 0 heterocycles. The van der Waals surface area contributed by atoms with Gasteiger partial charge in [0.05, 0.1) is 0 Å². The van der Waals surface area contributed by atoms with Gasteiger partial charge in [-0.1, -0.05) is 51.2 Å². The average Bonchev–Trinajstić information content (AvgIpc) is 2.38. The zero-order chi connectivity index (χ0) is 14.7. The highest BCUT2D eigenvalue weighted by Crippen LogP contribution is 2.08. The number of ketones is 1. The number of likely N-dealkylation sites (N-methyl/N-ethyl adjacent to an activating group) is 1. The van der Waals surface area contributed by atoms with Crippen LogP contribution in [0.1, 0.15) is 33.1 Å². The lowest BCUT2D eigenvalue weighted by molar-refractivity contribution is -0.117. The van der Waals surface area contributed by atoms with Crippen LogP contribution < -0.4 is 0 Å². The van der Waals surface area contributed by atoms with E-state index >= 15 is 0 Å². The Labute approximate surface area is 118 Å². The quantitative estimate of drug-likeness (QED) is 0.435. The highest BCUT2D eigenvalue weighted by molar-refractivity contribution is 5.81. The van der Waals surface area contributed by atoms with E-state index < -0.39 is 0 Å². The van der Waals surface area contributed by atoms with Crippen LogP contribution in [0.4, 0.5) is 0 Å². The van der Waals surface area contributed by atoms with Crippen LogP contribution in [0, 0.1) is 5.92 Å². The normalized spacial score (nSPS) is 12.8. The molecule has 2 heteroatoms.